The first-order valence-corrected chi connectivity index (χ1v) is 9.15. The van der Waals surface area contributed by atoms with Gasteiger partial charge in [0.1, 0.15) is 5.01 Å². The van der Waals surface area contributed by atoms with Crippen LogP contribution in [-0.4, -0.2) is 4.98 Å². The lowest BCUT2D eigenvalue weighted by Crippen LogP contribution is -2.29. The molecule has 2 unspecified atom stereocenters. The predicted molar refractivity (Wildman–Crippen MR) is 87.4 cm³/mol. The molecule has 2 aromatic heterocycles. The van der Waals surface area contributed by atoms with Crippen LogP contribution in [0, 0.1) is 12.8 Å². The molecule has 0 spiro atoms. The summed E-state index contributed by atoms with van der Waals surface area (Å²) >= 11 is 3.69. The first kappa shape index (κ1) is 14.2. The van der Waals surface area contributed by atoms with Crippen molar-refractivity contribution in [1.29, 1.82) is 0 Å². The predicted octanol–water partition coefficient (Wildman–Crippen LogP) is 5.10. The van der Waals surface area contributed by atoms with Crippen LogP contribution in [0.5, 0.6) is 0 Å². The van der Waals surface area contributed by atoms with Gasteiger partial charge in [-0.15, -0.1) is 22.7 Å². The molecule has 2 aromatic rings. The van der Waals surface area contributed by atoms with Gasteiger partial charge in [-0.1, -0.05) is 18.9 Å². The van der Waals surface area contributed by atoms with Gasteiger partial charge in [0.05, 0.1) is 6.04 Å². The van der Waals surface area contributed by atoms with Crippen molar-refractivity contribution in [2.75, 3.05) is 0 Å². The Labute approximate surface area is 129 Å². The second-order valence-electron chi connectivity index (χ2n) is 5.74. The molecule has 20 heavy (non-hydrogen) atoms. The minimum atomic E-state index is 0.335. The highest BCUT2D eigenvalue weighted by Crippen LogP contribution is 2.38. The maximum absolute atomic E-state index is 4.54. The molecule has 2 nitrogen and oxygen atoms in total. The molecular formula is C16H22N2S2. The Balaban J connectivity index is 1.76. The van der Waals surface area contributed by atoms with Crippen LogP contribution in [0.2, 0.25) is 0 Å². The molecule has 2 atom stereocenters. The van der Waals surface area contributed by atoms with E-state index in [1.165, 1.54) is 40.4 Å². The maximum atomic E-state index is 4.54. The van der Waals surface area contributed by atoms with Crippen molar-refractivity contribution in [2.45, 2.75) is 51.6 Å². The van der Waals surface area contributed by atoms with E-state index < -0.39 is 0 Å². The van der Waals surface area contributed by atoms with E-state index >= 15 is 0 Å². The Morgan fingerprint density at radius 1 is 1.35 bits per heavy atom. The molecule has 2 heterocycles. The number of aromatic nitrogens is 1. The van der Waals surface area contributed by atoms with E-state index in [2.05, 4.69) is 41.7 Å². The van der Waals surface area contributed by atoms with Gasteiger partial charge >= 0.3 is 0 Å². The topological polar surface area (TPSA) is 24.9 Å². The van der Waals surface area contributed by atoms with Crippen LogP contribution in [0.15, 0.2) is 23.7 Å². The van der Waals surface area contributed by atoms with Crippen molar-refractivity contribution < 1.29 is 0 Å². The lowest BCUT2D eigenvalue weighted by Gasteiger charge is -2.26. The summed E-state index contributed by atoms with van der Waals surface area (Å²) in [7, 11) is 0. The average molecular weight is 307 g/mol. The molecule has 0 saturated heterocycles. The van der Waals surface area contributed by atoms with E-state index in [0.29, 0.717) is 12.1 Å². The lowest BCUT2D eigenvalue weighted by molar-refractivity contribution is 0.342. The first-order valence-electron chi connectivity index (χ1n) is 7.46. The molecule has 1 fully saturated rings. The smallest absolute Gasteiger partial charge is 0.109 e. The molecule has 1 N–H and O–H groups in total. The molecule has 4 heteroatoms. The van der Waals surface area contributed by atoms with Crippen LogP contribution in [0.25, 0.3) is 0 Å². The summed E-state index contributed by atoms with van der Waals surface area (Å²) in [6.45, 7) is 4.37. The zero-order valence-electron chi connectivity index (χ0n) is 12.1. The molecule has 0 aliphatic heterocycles. The highest BCUT2D eigenvalue weighted by atomic mass is 32.1. The molecule has 0 aromatic carbocycles. The number of aryl methyl sites for hydroxylation is 1. The lowest BCUT2D eigenvalue weighted by atomic mass is 9.96. The zero-order valence-corrected chi connectivity index (χ0v) is 13.8. The number of nitrogens with one attached hydrogen (secondary N) is 1. The molecule has 1 aliphatic rings. The highest BCUT2D eigenvalue weighted by molar-refractivity contribution is 7.11. The van der Waals surface area contributed by atoms with Crippen LogP contribution in [0.3, 0.4) is 0 Å². The van der Waals surface area contributed by atoms with Gasteiger partial charge in [0.2, 0.25) is 0 Å². The molecule has 108 valence electrons. The van der Waals surface area contributed by atoms with Crippen molar-refractivity contribution >= 4 is 22.7 Å². The SMILES string of the molecule is Cc1cnc(C(C)NC(c2cccs2)C2CCCC2)s1. The van der Waals surface area contributed by atoms with E-state index in [0.717, 1.165) is 5.92 Å². The van der Waals surface area contributed by atoms with Crippen molar-refractivity contribution in [3.8, 4) is 0 Å². The van der Waals surface area contributed by atoms with Crippen molar-refractivity contribution in [2.24, 2.45) is 5.92 Å². The molecule has 1 aliphatic carbocycles. The summed E-state index contributed by atoms with van der Waals surface area (Å²) in [5.41, 5.74) is 0. The number of rotatable bonds is 5. The maximum Gasteiger partial charge on any atom is 0.109 e. The quantitative estimate of drug-likeness (QED) is 0.831. The fraction of sp³-hybridized carbons (Fsp3) is 0.562. The normalized spacial score (nSPS) is 19.3. The average Bonchev–Trinajstić information content (AvgIpc) is 3.17. The van der Waals surface area contributed by atoms with E-state index in [1.807, 2.05) is 28.9 Å². The van der Waals surface area contributed by atoms with Crippen molar-refractivity contribution in [1.82, 2.24) is 10.3 Å². The molecule has 3 rings (SSSR count). The Hall–Kier alpha value is -0.710. The van der Waals surface area contributed by atoms with Crippen LogP contribution in [0.4, 0.5) is 0 Å². The fourth-order valence-electron chi connectivity index (χ4n) is 3.12. The minimum Gasteiger partial charge on any atom is -0.300 e. The molecule has 0 radical (unpaired) electrons. The molecule has 0 amide bonds. The van der Waals surface area contributed by atoms with E-state index in [4.69, 9.17) is 0 Å². The first-order chi connectivity index (χ1) is 9.74. The summed E-state index contributed by atoms with van der Waals surface area (Å²) in [5.74, 6) is 0.789. The third kappa shape index (κ3) is 3.13. The Morgan fingerprint density at radius 2 is 2.15 bits per heavy atom. The summed E-state index contributed by atoms with van der Waals surface area (Å²) in [4.78, 5) is 7.31. The fourth-order valence-corrected chi connectivity index (χ4v) is 4.79. The largest absolute Gasteiger partial charge is 0.300 e. The molecule has 1 saturated carbocycles. The van der Waals surface area contributed by atoms with E-state index in [9.17, 15) is 0 Å². The van der Waals surface area contributed by atoms with Gasteiger partial charge < -0.3 is 5.32 Å². The summed E-state index contributed by atoms with van der Waals surface area (Å²) in [6, 6.07) is 5.28. The van der Waals surface area contributed by atoms with Crippen LogP contribution >= 0.6 is 22.7 Å². The number of hydrogen-bond donors (Lipinski definition) is 1. The summed E-state index contributed by atoms with van der Waals surface area (Å²) in [6.07, 6.45) is 7.48. The van der Waals surface area contributed by atoms with Gasteiger partial charge in [0.25, 0.3) is 0 Å². The van der Waals surface area contributed by atoms with Gasteiger partial charge in [-0.25, -0.2) is 4.98 Å². The van der Waals surface area contributed by atoms with Gasteiger partial charge in [0, 0.05) is 22.0 Å². The molecule has 0 bridgehead atoms. The Morgan fingerprint density at radius 3 is 2.75 bits per heavy atom. The Kier molecular flexibility index (Phi) is 4.54. The molecular weight excluding hydrogens is 284 g/mol. The van der Waals surface area contributed by atoms with E-state index in [1.54, 1.807) is 0 Å². The Bertz CT molecular complexity index is 526. The monoisotopic (exact) mass is 306 g/mol. The van der Waals surface area contributed by atoms with Gasteiger partial charge in [0.15, 0.2) is 0 Å². The van der Waals surface area contributed by atoms with Crippen molar-refractivity contribution in [3.63, 3.8) is 0 Å². The third-order valence-corrected chi connectivity index (χ3v) is 6.21. The number of thiophene rings is 1. The zero-order chi connectivity index (χ0) is 13.9. The van der Waals surface area contributed by atoms with Gasteiger partial charge in [-0.3, -0.25) is 0 Å². The van der Waals surface area contributed by atoms with Crippen LogP contribution < -0.4 is 5.32 Å². The van der Waals surface area contributed by atoms with Crippen LogP contribution in [0.1, 0.15) is 59.5 Å². The third-order valence-electron chi connectivity index (χ3n) is 4.16. The van der Waals surface area contributed by atoms with Crippen molar-refractivity contribution in [3.05, 3.63) is 38.5 Å². The number of thiazole rings is 1. The van der Waals surface area contributed by atoms with Crippen LogP contribution in [-0.2, 0) is 0 Å². The highest BCUT2D eigenvalue weighted by Gasteiger charge is 2.28. The van der Waals surface area contributed by atoms with Gasteiger partial charge in [-0.05, 0) is 44.1 Å². The number of hydrogen-bond acceptors (Lipinski definition) is 4. The number of nitrogens with zero attached hydrogens (tertiary/aromatic N) is 1. The van der Waals surface area contributed by atoms with Gasteiger partial charge in [-0.2, -0.15) is 0 Å². The second-order valence-corrected chi connectivity index (χ2v) is 7.98. The summed E-state index contributed by atoms with van der Waals surface area (Å²) < 4.78 is 0. The minimum absolute atomic E-state index is 0.335. The van der Waals surface area contributed by atoms with E-state index in [-0.39, 0.29) is 0 Å². The summed E-state index contributed by atoms with van der Waals surface area (Å²) in [5, 5.41) is 7.25. The standard InChI is InChI=1S/C16H22N2S2/c1-11-10-17-16(20-11)12(2)18-15(13-6-3-4-7-13)14-8-5-9-19-14/h5,8-10,12-13,15,18H,3-4,6-7H2,1-2H3. The second kappa shape index (κ2) is 6.37.